The Kier molecular flexibility index (Phi) is 2.00. The SMILES string of the molecule is C(#CC12CCCN1CCC2)c1ncno1. The summed E-state index contributed by atoms with van der Waals surface area (Å²) in [5.74, 6) is 6.77. The maximum atomic E-state index is 4.89. The number of aromatic nitrogens is 2. The first kappa shape index (κ1) is 8.93. The van der Waals surface area contributed by atoms with Gasteiger partial charge in [0.25, 0.3) is 0 Å². The molecule has 2 aliphatic heterocycles. The van der Waals surface area contributed by atoms with E-state index < -0.39 is 0 Å². The molecule has 0 bridgehead atoms. The molecule has 2 aliphatic rings. The zero-order chi connectivity index (χ0) is 10.1. The first-order chi connectivity index (χ1) is 7.39. The van der Waals surface area contributed by atoms with Crippen molar-refractivity contribution in [3.05, 3.63) is 12.2 Å². The summed E-state index contributed by atoms with van der Waals surface area (Å²) in [4.78, 5) is 6.41. The Bertz CT molecular complexity index is 391. The van der Waals surface area contributed by atoms with Crippen LogP contribution in [-0.4, -0.2) is 33.7 Å². The first-order valence-corrected chi connectivity index (χ1v) is 5.44. The van der Waals surface area contributed by atoms with Crippen LogP contribution in [0.5, 0.6) is 0 Å². The van der Waals surface area contributed by atoms with Gasteiger partial charge in [-0.05, 0) is 44.7 Å². The molecule has 0 aromatic carbocycles. The van der Waals surface area contributed by atoms with Gasteiger partial charge < -0.3 is 4.52 Å². The van der Waals surface area contributed by atoms with Crippen molar-refractivity contribution in [1.29, 1.82) is 0 Å². The third-order valence-electron chi connectivity index (χ3n) is 3.41. The molecule has 0 unspecified atom stereocenters. The van der Waals surface area contributed by atoms with E-state index in [1.807, 2.05) is 0 Å². The Morgan fingerprint density at radius 3 is 2.80 bits per heavy atom. The van der Waals surface area contributed by atoms with Crippen molar-refractivity contribution in [3.63, 3.8) is 0 Å². The predicted molar refractivity (Wildman–Crippen MR) is 53.9 cm³/mol. The molecule has 4 nitrogen and oxygen atoms in total. The van der Waals surface area contributed by atoms with Crippen LogP contribution < -0.4 is 0 Å². The average Bonchev–Trinajstić information content (AvgIpc) is 2.91. The number of hydrogen-bond donors (Lipinski definition) is 0. The van der Waals surface area contributed by atoms with Crippen molar-refractivity contribution in [1.82, 2.24) is 15.0 Å². The highest BCUT2D eigenvalue weighted by atomic mass is 16.5. The molecule has 1 aromatic heterocycles. The summed E-state index contributed by atoms with van der Waals surface area (Å²) in [6.45, 7) is 2.39. The van der Waals surface area contributed by atoms with Crippen molar-refractivity contribution in [2.24, 2.45) is 0 Å². The highest BCUT2D eigenvalue weighted by molar-refractivity contribution is 5.28. The Labute approximate surface area is 88.6 Å². The zero-order valence-corrected chi connectivity index (χ0v) is 8.57. The second-order valence-electron chi connectivity index (χ2n) is 4.22. The number of nitrogens with zero attached hydrogens (tertiary/aromatic N) is 3. The third kappa shape index (κ3) is 1.44. The number of rotatable bonds is 0. The van der Waals surface area contributed by atoms with Crippen molar-refractivity contribution < 1.29 is 4.52 Å². The molecule has 2 fully saturated rings. The van der Waals surface area contributed by atoms with Crippen molar-refractivity contribution >= 4 is 0 Å². The molecule has 0 atom stereocenters. The van der Waals surface area contributed by atoms with Crippen molar-refractivity contribution in [2.75, 3.05) is 13.1 Å². The van der Waals surface area contributed by atoms with Gasteiger partial charge in [0.1, 0.15) is 0 Å². The van der Waals surface area contributed by atoms with Gasteiger partial charge in [-0.1, -0.05) is 11.1 Å². The second-order valence-corrected chi connectivity index (χ2v) is 4.22. The van der Waals surface area contributed by atoms with Crippen LogP contribution in [0.15, 0.2) is 10.9 Å². The lowest BCUT2D eigenvalue weighted by Crippen LogP contribution is -2.36. The van der Waals surface area contributed by atoms with Crippen LogP contribution in [-0.2, 0) is 0 Å². The van der Waals surface area contributed by atoms with Crippen LogP contribution >= 0.6 is 0 Å². The van der Waals surface area contributed by atoms with Gasteiger partial charge in [-0.2, -0.15) is 4.98 Å². The molecule has 1 aromatic rings. The molecular formula is C11H13N3O. The van der Waals surface area contributed by atoms with E-state index in [9.17, 15) is 0 Å². The Hall–Kier alpha value is -1.34. The summed E-state index contributed by atoms with van der Waals surface area (Å²) >= 11 is 0. The van der Waals surface area contributed by atoms with Crippen molar-refractivity contribution in [2.45, 2.75) is 31.2 Å². The van der Waals surface area contributed by atoms with Gasteiger partial charge in [-0.25, -0.2) is 0 Å². The molecule has 0 saturated carbocycles. The molecule has 15 heavy (non-hydrogen) atoms. The molecule has 0 radical (unpaired) electrons. The summed E-state index contributed by atoms with van der Waals surface area (Å²) in [5.41, 5.74) is 0.120. The third-order valence-corrected chi connectivity index (χ3v) is 3.41. The molecular weight excluding hydrogens is 190 g/mol. The van der Waals surface area contributed by atoms with Crippen LogP contribution in [0, 0.1) is 11.8 Å². The van der Waals surface area contributed by atoms with E-state index in [2.05, 4.69) is 26.9 Å². The zero-order valence-electron chi connectivity index (χ0n) is 8.57. The normalized spacial score (nSPS) is 23.5. The van der Waals surface area contributed by atoms with Gasteiger partial charge in [0.05, 0.1) is 5.54 Å². The standard InChI is InChI=1S/C11H13N3O/c1-4-11(5-2-8-14(11)7-1)6-3-10-12-9-13-15-10/h9H,1-2,4-5,7-8H2. The van der Waals surface area contributed by atoms with Crippen LogP contribution in [0.1, 0.15) is 31.6 Å². The van der Waals surface area contributed by atoms with E-state index in [4.69, 9.17) is 4.52 Å². The Morgan fingerprint density at radius 1 is 1.33 bits per heavy atom. The monoisotopic (exact) mass is 203 g/mol. The topological polar surface area (TPSA) is 42.2 Å². The second kappa shape index (κ2) is 3.35. The lowest BCUT2D eigenvalue weighted by molar-refractivity contribution is 0.260. The van der Waals surface area contributed by atoms with Gasteiger partial charge in [0.15, 0.2) is 6.33 Å². The molecule has 3 rings (SSSR count). The maximum absolute atomic E-state index is 4.89. The molecule has 0 N–H and O–H groups in total. The minimum atomic E-state index is 0.120. The highest BCUT2D eigenvalue weighted by Gasteiger charge is 2.42. The van der Waals surface area contributed by atoms with Gasteiger partial charge in [0.2, 0.25) is 0 Å². The summed E-state index contributed by atoms with van der Waals surface area (Å²) in [5, 5.41) is 3.55. The van der Waals surface area contributed by atoms with Crippen LogP contribution in [0.2, 0.25) is 0 Å². The maximum Gasteiger partial charge on any atom is 0.302 e. The van der Waals surface area contributed by atoms with Crippen LogP contribution in [0.4, 0.5) is 0 Å². The lowest BCUT2D eigenvalue weighted by Gasteiger charge is -2.25. The summed E-state index contributed by atoms with van der Waals surface area (Å²) in [6.07, 6.45) is 6.29. The minimum Gasteiger partial charge on any atom is -0.325 e. The van der Waals surface area contributed by atoms with E-state index in [-0.39, 0.29) is 5.54 Å². The minimum absolute atomic E-state index is 0.120. The van der Waals surface area contributed by atoms with Crippen molar-refractivity contribution in [3.8, 4) is 11.8 Å². The Morgan fingerprint density at radius 2 is 2.13 bits per heavy atom. The predicted octanol–water partition coefficient (Wildman–Crippen LogP) is 1.05. The van der Waals surface area contributed by atoms with E-state index >= 15 is 0 Å². The number of fused-ring (bicyclic) bond motifs is 1. The van der Waals surface area contributed by atoms with Gasteiger partial charge >= 0.3 is 5.89 Å². The fourth-order valence-corrected chi connectivity index (χ4v) is 2.71. The highest BCUT2D eigenvalue weighted by Crippen LogP contribution is 2.38. The van der Waals surface area contributed by atoms with Gasteiger partial charge in [-0.15, -0.1) is 0 Å². The molecule has 0 spiro atoms. The molecule has 4 heteroatoms. The molecule has 0 aliphatic carbocycles. The van der Waals surface area contributed by atoms with E-state index in [1.54, 1.807) is 0 Å². The number of hydrogen-bond acceptors (Lipinski definition) is 4. The fraction of sp³-hybridized carbons (Fsp3) is 0.636. The summed E-state index contributed by atoms with van der Waals surface area (Å²) < 4.78 is 4.89. The fourth-order valence-electron chi connectivity index (χ4n) is 2.71. The largest absolute Gasteiger partial charge is 0.325 e. The van der Waals surface area contributed by atoms with E-state index in [0.717, 1.165) is 0 Å². The first-order valence-electron chi connectivity index (χ1n) is 5.44. The molecule has 3 heterocycles. The lowest BCUT2D eigenvalue weighted by atomic mass is 9.95. The molecule has 78 valence electrons. The van der Waals surface area contributed by atoms with Crippen LogP contribution in [0.25, 0.3) is 0 Å². The van der Waals surface area contributed by atoms with Crippen LogP contribution in [0.3, 0.4) is 0 Å². The van der Waals surface area contributed by atoms with E-state index in [1.165, 1.54) is 45.1 Å². The molecule has 0 amide bonds. The van der Waals surface area contributed by atoms with Gasteiger partial charge in [0, 0.05) is 0 Å². The quantitative estimate of drug-likeness (QED) is 0.591. The summed E-state index contributed by atoms with van der Waals surface area (Å²) in [7, 11) is 0. The summed E-state index contributed by atoms with van der Waals surface area (Å²) in [6, 6.07) is 0. The Balaban J connectivity index is 1.87. The van der Waals surface area contributed by atoms with E-state index in [0.29, 0.717) is 5.89 Å². The molecule has 2 saturated heterocycles. The smallest absolute Gasteiger partial charge is 0.302 e. The average molecular weight is 203 g/mol. The van der Waals surface area contributed by atoms with Gasteiger partial charge in [-0.3, -0.25) is 4.90 Å².